The Balaban J connectivity index is 0.00000243. The van der Waals surface area contributed by atoms with Gasteiger partial charge >= 0.3 is 0 Å². The Morgan fingerprint density at radius 2 is 2.12 bits per heavy atom. The molecule has 26 heavy (non-hydrogen) atoms. The monoisotopic (exact) mass is 468 g/mol. The van der Waals surface area contributed by atoms with Crippen LogP contribution in [0.5, 0.6) is 11.5 Å². The Labute approximate surface area is 171 Å². The molecule has 3 rings (SSSR count). The van der Waals surface area contributed by atoms with Gasteiger partial charge in [-0.15, -0.1) is 24.0 Å². The highest BCUT2D eigenvalue weighted by Crippen LogP contribution is 2.34. The largest absolute Gasteiger partial charge is 0.496 e. The molecule has 0 aliphatic carbocycles. The second kappa shape index (κ2) is 9.61. The first-order chi connectivity index (χ1) is 12.2. The predicted molar refractivity (Wildman–Crippen MR) is 113 cm³/mol. The van der Waals surface area contributed by atoms with Gasteiger partial charge in [0.25, 0.3) is 0 Å². The van der Waals surface area contributed by atoms with Gasteiger partial charge in [-0.2, -0.15) is 0 Å². The molecule has 2 aromatic rings. The van der Waals surface area contributed by atoms with Crippen molar-refractivity contribution < 1.29 is 9.47 Å². The summed E-state index contributed by atoms with van der Waals surface area (Å²) in [4.78, 5) is 8.55. The molecule has 1 unspecified atom stereocenters. The second-order valence-electron chi connectivity index (χ2n) is 6.00. The molecule has 1 aliphatic heterocycles. The van der Waals surface area contributed by atoms with Crippen molar-refractivity contribution in [3.8, 4) is 11.5 Å². The van der Waals surface area contributed by atoms with Gasteiger partial charge in [0, 0.05) is 37.3 Å². The third-order valence-corrected chi connectivity index (χ3v) is 4.13. The average Bonchev–Trinajstić information content (AvgIpc) is 3.00. The summed E-state index contributed by atoms with van der Waals surface area (Å²) in [6.07, 6.45) is 2.92. The van der Waals surface area contributed by atoms with Crippen molar-refractivity contribution in [2.75, 3.05) is 14.2 Å². The van der Waals surface area contributed by atoms with Crippen LogP contribution in [0.2, 0.25) is 0 Å². The van der Waals surface area contributed by atoms with Crippen LogP contribution >= 0.6 is 24.0 Å². The lowest BCUT2D eigenvalue weighted by molar-refractivity contribution is 0.254. The Kier molecular flexibility index (Phi) is 7.50. The Morgan fingerprint density at radius 1 is 1.31 bits per heavy atom. The number of guanidine groups is 1. The predicted octanol–water partition coefficient (Wildman–Crippen LogP) is 2.90. The van der Waals surface area contributed by atoms with Gasteiger partial charge in [-0.05, 0) is 31.2 Å². The van der Waals surface area contributed by atoms with Crippen LogP contribution in [0.15, 0.2) is 41.5 Å². The van der Waals surface area contributed by atoms with Gasteiger partial charge in [0.1, 0.15) is 17.6 Å². The number of aliphatic imine (C=N–C) groups is 1. The summed E-state index contributed by atoms with van der Waals surface area (Å²) in [6.45, 7) is 3.28. The fraction of sp³-hybridized carbons (Fsp3) is 0.368. The molecular weight excluding hydrogens is 443 g/mol. The number of halogens is 1. The van der Waals surface area contributed by atoms with Crippen LogP contribution < -0.4 is 20.1 Å². The maximum absolute atomic E-state index is 5.85. The first kappa shape index (κ1) is 20.3. The van der Waals surface area contributed by atoms with Crippen molar-refractivity contribution in [2.45, 2.75) is 32.5 Å². The van der Waals surface area contributed by atoms with E-state index in [1.165, 1.54) is 5.56 Å². The Morgan fingerprint density at radius 3 is 2.81 bits per heavy atom. The number of benzene rings is 1. The third kappa shape index (κ3) is 5.00. The summed E-state index contributed by atoms with van der Waals surface area (Å²) >= 11 is 0. The number of aromatic nitrogens is 1. The highest BCUT2D eigenvalue weighted by molar-refractivity contribution is 14.0. The summed E-state index contributed by atoms with van der Waals surface area (Å²) < 4.78 is 11.4. The standard InChI is InChI=1S/C19H24N4O2.HI/c1-13-8-14-9-17(24-3)15(10-18(14)25-13)11-22-19(20-2)23-12-16-6-4-5-7-21-16;/h4-7,9-10,13H,8,11-12H2,1-3H3,(H2,20,22,23);1H. The summed E-state index contributed by atoms with van der Waals surface area (Å²) in [5.74, 6) is 2.52. The minimum absolute atomic E-state index is 0. The molecule has 1 aromatic carbocycles. The van der Waals surface area contributed by atoms with Gasteiger partial charge in [0.2, 0.25) is 0 Å². The van der Waals surface area contributed by atoms with Crippen LogP contribution in [0.25, 0.3) is 0 Å². The van der Waals surface area contributed by atoms with E-state index in [-0.39, 0.29) is 30.1 Å². The zero-order valence-corrected chi connectivity index (χ0v) is 17.6. The molecule has 0 saturated heterocycles. The van der Waals surface area contributed by atoms with Gasteiger partial charge in [0.15, 0.2) is 5.96 Å². The molecule has 7 heteroatoms. The van der Waals surface area contributed by atoms with E-state index in [0.717, 1.165) is 29.2 Å². The van der Waals surface area contributed by atoms with Crippen LogP contribution in [0.1, 0.15) is 23.7 Å². The first-order valence-electron chi connectivity index (χ1n) is 8.40. The molecule has 0 saturated carbocycles. The van der Waals surface area contributed by atoms with E-state index in [1.54, 1.807) is 20.4 Å². The quantitative estimate of drug-likeness (QED) is 0.402. The smallest absolute Gasteiger partial charge is 0.191 e. The molecule has 0 bridgehead atoms. The fourth-order valence-corrected chi connectivity index (χ4v) is 2.89. The minimum atomic E-state index is 0. The number of ether oxygens (including phenoxy) is 2. The van der Waals surface area contributed by atoms with Crippen molar-refractivity contribution in [1.82, 2.24) is 15.6 Å². The molecule has 1 atom stereocenters. The van der Waals surface area contributed by atoms with Crippen LogP contribution in [0, 0.1) is 0 Å². The first-order valence-corrected chi connectivity index (χ1v) is 8.40. The Bertz CT molecular complexity index is 753. The minimum Gasteiger partial charge on any atom is -0.496 e. The molecule has 2 heterocycles. The molecule has 2 N–H and O–H groups in total. The summed E-state index contributed by atoms with van der Waals surface area (Å²) in [5, 5.41) is 6.57. The van der Waals surface area contributed by atoms with E-state index in [0.29, 0.717) is 19.0 Å². The highest BCUT2D eigenvalue weighted by Gasteiger charge is 2.21. The average molecular weight is 468 g/mol. The lowest BCUT2D eigenvalue weighted by atomic mass is 10.1. The fourth-order valence-electron chi connectivity index (χ4n) is 2.89. The van der Waals surface area contributed by atoms with Gasteiger partial charge in [-0.3, -0.25) is 9.98 Å². The second-order valence-corrected chi connectivity index (χ2v) is 6.00. The van der Waals surface area contributed by atoms with Crippen molar-refractivity contribution in [3.05, 3.63) is 53.3 Å². The van der Waals surface area contributed by atoms with E-state index < -0.39 is 0 Å². The SMILES string of the molecule is CN=C(NCc1ccccn1)NCc1cc2c(cc1OC)CC(C)O2.I. The number of nitrogens with zero attached hydrogens (tertiary/aromatic N) is 2. The molecule has 1 aromatic heterocycles. The van der Waals surface area contributed by atoms with Crippen LogP contribution in [0.3, 0.4) is 0 Å². The van der Waals surface area contributed by atoms with Gasteiger partial charge in [-0.1, -0.05) is 6.07 Å². The number of hydrogen-bond donors (Lipinski definition) is 2. The van der Waals surface area contributed by atoms with Crippen LogP contribution in [-0.2, 0) is 19.5 Å². The Hall–Kier alpha value is -2.03. The highest BCUT2D eigenvalue weighted by atomic mass is 127. The van der Waals surface area contributed by atoms with Crippen LogP contribution in [-0.4, -0.2) is 31.2 Å². The molecule has 0 amide bonds. The zero-order chi connectivity index (χ0) is 17.6. The summed E-state index contributed by atoms with van der Waals surface area (Å²) in [7, 11) is 3.44. The van der Waals surface area contributed by atoms with E-state index in [9.17, 15) is 0 Å². The lowest BCUT2D eigenvalue weighted by Gasteiger charge is -2.15. The number of fused-ring (bicyclic) bond motifs is 1. The number of pyridine rings is 1. The molecule has 6 nitrogen and oxygen atoms in total. The van der Waals surface area contributed by atoms with E-state index in [4.69, 9.17) is 9.47 Å². The summed E-state index contributed by atoms with van der Waals surface area (Å²) in [6, 6.07) is 9.97. The molecule has 1 aliphatic rings. The third-order valence-electron chi connectivity index (χ3n) is 4.13. The summed E-state index contributed by atoms with van der Waals surface area (Å²) in [5.41, 5.74) is 3.20. The topological polar surface area (TPSA) is 67.8 Å². The van der Waals surface area contributed by atoms with Crippen LogP contribution in [0.4, 0.5) is 0 Å². The van der Waals surface area contributed by atoms with Crippen molar-refractivity contribution >= 4 is 29.9 Å². The van der Waals surface area contributed by atoms with E-state index >= 15 is 0 Å². The van der Waals surface area contributed by atoms with E-state index in [1.807, 2.05) is 18.2 Å². The van der Waals surface area contributed by atoms with Gasteiger partial charge in [-0.25, -0.2) is 0 Å². The van der Waals surface area contributed by atoms with Crippen molar-refractivity contribution in [2.24, 2.45) is 4.99 Å². The number of methoxy groups -OCH3 is 1. The normalized spacial score (nSPS) is 15.5. The molecular formula is C19H25IN4O2. The zero-order valence-electron chi connectivity index (χ0n) is 15.3. The van der Waals surface area contributed by atoms with Gasteiger partial charge in [0.05, 0.1) is 19.3 Å². The lowest BCUT2D eigenvalue weighted by Crippen LogP contribution is -2.36. The maximum Gasteiger partial charge on any atom is 0.191 e. The molecule has 140 valence electrons. The van der Waals surface area contributed by atoms with Crippen molar-refractivity contribution in [1.29, 1.82) is 0 Å². The van der Waals surface area contributed by atoms with Crippen molar-refractivity contribution in [3.63, 3.8) is 0 Å². The molecule has 0 fully saturated rings. The van der Waals surface area contributed by atoms with E-state index in [2.05, 4.69) is 39.7 Å². The molecule has 0 spiro atoms. The number of hydrogen-bond acceptors (Lipinski definition) is 4. The maximum atomic E-state index is 5.85. The van der Waals surface area contributed by atoms with Gasteiger partial charge < -0.3 is 20.1 Å². The number of nitrogens with one attached hydrogen (secondary N) is 2. The molecule has 0 radical (unpaired) electrons. The number of rotatable bonds is 5.